The van der Waals surface area contributed by atoms with E-state index in [1.54, 1.807) is 12.5 Å². The summed E-state index contributed by atoms with van der Waals surface area (Å²) < 4.78 is 15.6. The standard InChI is InChI=1S/C17H20O5/c1-10-4-5-11-8-22-9-12-6-7-13(10)17(12,16(19)21-3)14(11)15(18)20-2/h8-9,13-14H,1,4-7H2,2-3H3/t13-,14+,17+/m1/s1. The number of allylic oxidation sites excluding steroid dienone is 1. The molecule has 2 bridgehead atoms. The van der Waals surface area contributed by atoms with E-state index in [1.165, 1.54) is 14.2 Å². The van der Waals surface area contributed by atoms with Crippen LogP contribution in [0.5, 0.6) is 0 Å². The van der Waals surface area contributed by atoms with Crippen molar-refractivity contribution in [3.05, 3.63) is 35.8 Å². The Hall–Kier alpha value is -2.04. The lowest BCUT2D eigenvalue weighted by atomic mass is 9.63. The molecule has 0 radical (unpaired) electrons. The Kier molecular flexibility index (Phi) is 3.59. The Bertz CT molecular complexity index is 600. The van der Waals surface area contributed by atoms with Gasteiger partial charge in [-0.25, -0.2) is 0 Å². The molecule has 0 saturated heterocycles. The van der Waals surface area contributed by atoms with Gasteiger partial charge in [0.2, 0.25) is 0 Å². The minimum absolute atomic E-state index is 0.122. The molecule has 0 unspecified atom stereocenters. The fraction of sp³-hybridized carbons (Fsp3) is 0.529. The normalized spacial score (nSPS) is 32.9. The van der Waals surface area contributed by atoms with Crippen molar-refractivity contribution in [2.75, 3.05) is 14.2 Å². The molecule has 0 aromatic carbocycles. The summed E-state index contributed by atoms with van der Waals surface area (Å²) in [5, 5.41) is 0. The first-order valence-electron chi connectivity index (χ1n) is 7.45. The summed E-state index contributed by atoms with van der Waals surface area (Å²) >= 11 is 0. The van der Waals surface area contributed by atoms with E-state index >= 15 is 0 Å². The van der Waals surface area contributed by atoms with Gasteiger partial charge in [-0.1, -0.05) is 12.2 Å². The lowest BCUT2D eigenvalue weighted by Crippen LogP contribution is -2.47. The van der Waals surface area contributed by atoms with E-state index < -0.39 is 23.3 Å². The first-order chi connectivity index (χ1) is 10.6. The van der Waals surface area contributed by atoms with E-state index in [9.17, 15) is 9.59 Å². The molecule has 0 spiro atoms. The van der Waals surface area contributed by atoms with Crippen molar-refractivity contribution in [1.82, 2.24) is 0 Å². The molecule has 22 heavy (non-hydrogen) atoms. The molecular formula is C17H20O5. The van der Waals surface area contributed by atoms with Crippen molar-refractivity contribution < 1.29 is 23.8 Å². The number of esters is 2. The lowest BCUT2D eigenvalue weighted by Gasteiger charge is -2.37. The van der Waals surface area contributed by atoms with E-state index in [0.29, 0.717) is 12.8 Å². The predicted molar refractivity (Wildman–Crippen MR) is 78.3 cm³/mol. The van der Waals surface area contributed by atoms with Gasteiger partial charge in [-0.2, -0.15) is 0 Å². The maximum absolute atomic E-state index is 12.8. The maximum atomic E-state index is 12.8. The molecular weight excluding hydrogens is 284 g/mol. The summed E-state index contributed by atoms with van der Waals surface area (Å²) in [5.74, 6) is -1.65. The van der Waals surface area contributed by atoms with Crippen LogP contribution in [-0.4, -0.2) is 26.2 Å². The number of methoxy groups -OCH3 is 2. The number of ether oxygens (including phenoxy) is 3. The highest BCUT2D eigenvalue weighted by Crippen LogP contribution is 2.61. The molecule has 1 aliphatic heterocycles. The van der Waals surface area contributed by atoms with E-state index in [1.807, 2.05) is 0 Å². The Morgan fingerprint density at radius 1 is 1.23 bits per heavy atom. The number of carbonyl (C=O) groups is 2. The number of hydrogen-bond acceptors (Lipinski definition) is 5. The molecule has 5 nitrogen and oxygen atoms in total. The third-order valence-electron chi connectivity index (χ3n) is 5.23. The molecule has 1 heterocycles. The second-order valence-corrected chi connectivity index (χ2v) is 6.04. The zero-order chi connectivity index (χ0) is 15.9. The molecule has 118 valence electrons. The van der Waals surface area contributed by atoms with Crippen molar-refractivity contribution in [2.24, 2.45) is 17.3 Å². The van der Waals surface area contributed by atoms with Gasteiger partial charge in [0.05, 0.1) is 26.7 Å². The van der Waals surface area contributed by atoms with E-state index in [2.05, 4.69) is 6.58 Å². The highest BCUT2D eigenvalue weighted by atomic mass is 16.5. The molecule has 3 aliphatic rings. The highest BCUT2D eigenvalue weighted by molar-refractivity contribution is 5.92. The highest BCUT2D eigenvalue weighted by Gasteiger charge is 2.64. The Labute approximate surface area is 129 Å². The summed E-state index contributed by atoms with van der Waals surface area (Å²) in [5.41, 5.74) is 1.49. The smallest absolute Gasteiger partial charge is 0.317 e. The van der Waals surface area contributed by atoms with Crippen LogP contribution in [0, 0.1) is 17.3 Å². The van der Waals surface area contributed by atoms with Crippen LogP contribution in [0.2, 0.25) is 0 Å². The lowest BCUT2D eigenvalue weighted by molar-refractivity contribution is -0.163. The van der Waals surface area contributed by atoms with Crippen molar-refractivity contribution in [1.29, 1.82) is 0 Å². The Balaban J connectivity index is 2.29. The monoisotopic (exact) mass is 304 g/mol. The van der Waals surface area contributed by atoms with Crippen LogP contribution >= 0.6 is 0 Å². The maximum Gasteiger partial charge on any atom is 0.317 e. The van der Waals surface area contributed by atoms with Gasteiger partial charge in [-0.15, -0.1) is 0 Å². The first kappa shape index (κ1) is 14.9. The van der Waals surface area contributed by atoms with Crippen molar-refractivity contribution in [2.45, 2.75) is 25.7 Å². The fourth-order valence-electron chi connectivity index (χ4n) is 4.29. The van der Waals surface area contributed by atoms with Gasteiger partial charge < -0.3 is 14.2 Å². The van der Waals surface area contributed by atoms with Crippen LogP contribution in [-0.2, 0) is 23.8 Å². The summed E-state index contributed by atoms with van der Waals surface area (Å²) in [7, 11) is 2.70. The molecule has 0 N–H and O–H groups in total. The summed E-state index contributed by atoms with van der Waals surface area (Å²) in [6.07, 6.45) is 6.00. The average Bonchev–Trinajstić information content (AvgIpc) is 2.74. The summed E-state index contributed by atoms with van der Waals surface area (Å²) in [4.78, 5) is 25.4. The molecule has 0 amide bonds. The second kappa shape index (κ2) is 5.30. The van der Waals surface area contributed by atoms with Gasteiger partial charge in [-0.3, -0.25) is 9.59 Å². The molecule has 0 aromatic rings. The van der Waals surface area contributed by atoms with Crippen LogP contribution in [0.4, 0.5) is 0 Å². The first-order valence-corrected chi connectivity index (χ1v) is 7.45. The molecule has 0 aromatic heterocycles. The number of rotatable bonds is 2. The van der Waals surface area contributed by atoms with E-state index in [-0.39, 0.29) is 5.92 Å². The quantitative estimate of drug-likeness (QED) is 0.579. The van der Waals surface area contributed by atoms with Gasteiger partial charge >= 0.3 is 11.9 Å². The minimum Gasteiger partial charge on any atom is -0.473 e. The zero-order valence-corrected chi connectivity index (χ0v) is 12.9. The molecule has 2 aliphatic carbocycles. The molecule has 3 rings (SSSR count). The van der Waals surface area contributed by atoms with Crippen molar-refractivity contribution >= 4 is 11.9 Å². The second-order valence-electron chi connectivity index (χ2n) is 6.04. The van der Waals surface area contributed by atoms with Gasteiger partial charge in [-0.05, 0) is 36.8 Å². The SMILES string of the molecule is C=C1CCC2=COC=C3CC[C@H]1[C@]3(C(=O)OC)[C@@H]2C(=O)OC. The van der Waals surface area contributed by atoms with Gasteiger partial charge in [0, 0.05) is 5.92 Å². The molecule has 2 saturated carbocycles. The largest absolute Gasteiger partial charge is 0.473 e. The van der Waals surface area contributed by atoms with Gasteiger partial charge in [0.25, 0.3) is 0 Å². The number of hydrogen-bond donors (Lipinski definition) is 0. The van der Waals surface area contributed by atoms with E-state index in [0.717, 1.165) is 29.6 Å². The Morgan fingerprint density at radius 3 is 2.68 bits per heavy atom. The van der Waals surface area contributed by atoms with Crippen LogP contribution in [0.15, 0.2) is 35.8 Å². The van der Waals surface area contributed by atoms with Crippen molar-refractivity contribution in [3.8, 4) is 0 Å². The average molecular weight is 304 g/mol. The van der Waals surface area contributed by atoms with Crippen molar-refractivity contribution in [3.63, 3.8) is 0 Å². The third kappa shape index (κ3) is 1.77. The molecule has 2 fully saturated rings. The topological polar surface area (TPSA) is 61.8 Å². The fourth-order valence-corrected chi connectivity index (χ4v) is 4.29. The van der Waals surface area contributed by atoms with Gasteiger partial charge in [0.15, 0.2) is 0 Å². The predicted octanol–water partition coefficient (Wildman–Crippen LogP) is 2.49. The zero-order valence-electron chi connectivity index (χ0n) is 12.9. The van der Waals surface area contributed by atoms with Crippen LogP contribution in [0.25, 0.3) is 0 Å². The summed E-state index contributed by atoms with van der Waals surface area (Å²) in [6, 6.07) is 0. The van der Waals surface area contributed by atoms with Gasteiger partial charge in [0.1, 0.15) is 11.3 Å². The van der Waals surface area contributed by atoms with Crippen LogP contribution in [0.1, 0.15) is 25.7 Å². The number of carbonyl (C=O) groups excluding carboxylic acids is 2. The van der Waals surface area contributed by atoms with Crippen LogP contribution < -0.4 is 0 Å². The third-order valence-corrected chi connectivity index (χ3v) is 5.23. The minimum atomic E-state index is -1.07. The van der Waals surface area contributed by atoms with E-state index in [4.69, 9.17) is 14.2 Å². The Morgan fingerprint density at radius 2 is 2.00 bits per heavy atom. The molecule has 5 heteroatoms. The summed E-state index contributed by atoms with van der Waals surface area (Å²) in [6.45, 7) is 4.17. The number of fused-ring (bicyclic) bond motifs is 1. The van der Waals surface area contributed by atoms with Crippen LogP contribution in [0.3, 0.4) is 0 Å². The molecule has 3 atom stereocenters.